The summed E-state index contributed by atoms with van der Waals surface area (Å²) in [5.74, 6) is 0.451. The number of anilines is 1. The molecular weight excluding hydrogens is 374 g/mol. The van der Waals surface area contributed by atoms with E-state index < -0.39 is 20.3 Å². The van der Waals surface area contributed by atoms with E-state index in [2.05, 4.69) is 9.46 Å². The van der Waals surface area contributed by atoms with E-state index >= 15 is 0 Å². The summed E-state index contributed by atoms with van der Waals surface area (Å²) in [6.07, 6.45) is 2.26. The lowest BCUT2D eigenvalue weighted by Crippen LogP contribution is -2.55. The van der Waals surface area contributed by atoms with Crippen molar-refractivity contribution < 1.29 is 18.7 Å². The highest BCUT2D eigenvalue weighted by Crippen LogP contribution is 2.36. The molecule has 0 N–H and O–H groups in total. The van der Waals surface area contributed by atoms with Gasteiger partial charge in [0.2, 0.25) is 5.82 Å². The first-order valence-electron chi connectivity index (χ1n) is 8.96. The lowest BCUT2D eigenvalue weighted by molar-refractivity contribution is -0.384. The molecule has 0 saturated carbocycles. The number of carbonyl (C=O) groups excluding carboxylic acids is 1. The van der Waals surface area contributed by atoms with Gasteiger partial charge in [0.25, 0.3) is 5.91 Å². The van der Waals surface area contributed by atoms with Crippen LogP contribution in [0.5, 0.6) is 0 Å². The fourth-order valence-corrected chi connectivity index (χ4v) is 5.83. The van der Waals surface area contributed by atoms with E-state index in [0.717, 1.165) is 0 Å². The van der Waals surface area contributed by atoms with Crippen LogP contribution in [0.15, 0.2) is 10.6 Å². The molecule has 2 saturated heterocycles. The minimum Gasteiger partial charge on any atom is -0.371 e. The predicted octanol–water partition coefficient (Wildman–Crippen LogP) is 1.35. The number of aromatic nitrogens is 2. The molecule has 3 rings (SSSR count). The van der Waals surface area contributed by atoms with Gasteiger partial charge in [0.05, 0.1) is 26.9 Å². The Hall–Kier alpha value is -2.01. The van der Waals surface area contributed by atoms with E-state index in [9.17, 15) is 19.1 Å². The second-order valence-electron chi connectivity index (χ2n) is 7.45. The van der Waals surface area contributed by atoms with Crippen molar-refractivity contribution in [1.29, 1.82) is 0 Å². The number of aryl methyl sites for hydroxylation is 1. The third-order valence-electron chi connectivity index (χ3n) is 5.14. The van der Waals surface area contributed by atoms with Crippen LogP contribution in [0.4, 0.5) is 11.5 Å². The molecule has 2 aliphatic heterocycles. The summed E-state index contributed by atoms with van der Waals surface area (Å²) in [5, 5.41) is 15.3. The SMILES string of the molecule is CC(C)C(=O)N=S1(=O)CCC2(CC1)CN(c1c([N+](=O)[O-])cnn1C)CCO2. The number of rotatable bonds is 3. The molecule has 0 radical (unpaired) electrons. The summed E-state index contributed by atoms with van der Waals surface area (Å²) < 4.78 is 24.4. The highest BCUT2D eigenvalue weighted by atomic mass is 32.2. The standard InChI is InChI=1S/C16H25N5O5S/c1-12(2)14(22)18-27(25)8-4-16(5-9-27)11-20(6-7-26-16)15-13(21(23)24)10-17-19(15)3/h10,12H,4-9,11H2,1-3H3. The van der Waals surface area contributed by atoms with Crippen molar-refractivity contribution in [2.75, 3.05) is 36.1 Å². The number of amides is 1. The summed E-state index contributed by atoms with van der Waals surface area (Å²) in [5.41, 5.74) is -0.570. The molecule has 1 amide bonds. The predicted molar refractivity (Wildman–Crippen MR) is 100 cm³/mol. The molecule has 0 aromatic carbocycles. The van der Waals surface area contributed by atoms with Gasteiger partial charge < -0.3 is 9.64 Å². The van der Waals surface area contributed by atoms with Gasteiger partial charge in [-0.3, -0.25) is 14.9 Å². The molecule has 2 fully saturated rings. The van der Waals surface area contributed by atoms with Gasteiger partial charge in [0.15, 0.2) is 0 Å². The Morgan fingerprint density at radius 2 is 2.11 bits per heavy atom. The summed E-state index contributed by atoms with van der Waals surface area (Å²) in [4.78, 5) is 24.7. The number of nitrogens with zero attached hydrogens (tertiary/aromatic N) is 5. The van der Waals surface area contributed by atoms with E-state index in [1.165, 1.54) is 10.9 Å². The molecule has 0 bridgehead atoms. The van der Waals surface area contributed by atoms with Crippen molar-refractivity contribution in [3.8, 4) is 0 Å². The Morgan fingerprint density at radius 3 is 2.70 bits per heavy atom. The molecule has 1 spiro atoms. The molecule has 1 aromatic heterocycles. The van der Waals surface area contributed by atoms with Crippen LogP contribution in [0.25, 0.3) is 0 Å². The third-order valence-corrected chi connectivity index (χ3v) is 7.33. The second kappa shape index (κ2) is 7.19. The molecular formula is C16H25N5O5S. The monoisotopic (exact) mass is 399 g/mol. The molecule has 0 aliphatic carbocycles. The van der Waals surface area contributed by atoms with Crippen LogP contribution in [-0.4, -0.2) is 61.6 Å². The Kier molecular flexibility index (Phi) is 5.26. The zero-order valence-corrected chi connectivity index (χ0v) is 16.6. The Balaban J connectivity index is 1.78. The summed E-state index contributed by atoms with van der Waals surface area (Å²) in [6.45, 7) is 4.88. The maximum Gasteiger partial charge on any atom is 0.331 e. The summed E-state index contributed by atoms with van der Waals surface area (Å²) >= 11 is 0. The number of carbonyl (C=O) groups is 1. The van der Waals surface area contributed by atoms with Crippen molar-refractivity contribution in [3.05, 3.63) is 16.3 Å². The van der Waals surface area contributed by atoms with E-state index in [1.807, 2.05) is 4.90 Å². The fourth-order valence-electron chi connectivity index (χ4n) is 3.52. The first-order valence-corrected chi connectivity index (χ1v) is 10.8. The van der Waals surface area contributed by atoms with Crippen LogP contribution in [0.1, 0.15) is 26.7 Å². The molecule has 0 atom stereocenters. The van der Waals surface area contributed by atoms with Crippen LogP contribution in [0.2, 0.25) is 0 Å². The van der Waals surface area contributed by atoms with Gasteiger partial charge in [-0.25, -0.2) is 8.89 Å². The van der Waals surface area contributed by atoms with E-state index in [1.54, 1.807) is 20.9 Å². The molecule has 10 nitrogen and oxygen atoms in total. The zero-order chi connectivity index (χ0) is 19.8. The number of morpholine rings is 1. The van der Waals surface area contributed by atoms with Crippen LogP contribution >= 0.6 is 0 Å². The maximum absolute atomic E-state index is 12.9. The Morgan fingerprint density at radius 1 is 1.44 bits per heavy atom. The Labute approximate surface area is 158 Å². The van der Waals surface area contributed by atoms with Gasteiger partial charge in [-0.2, -0.15) is 9.46 Å². The number of nitro groups is 1. The number of ether oxygens (including phenoxy) is 1. The van der Waals surface area contributed by atoms with E-state index in [0.29, 0.717) is 49.9 Å². The lowest BCUT2D eigenvalue weighted by atomic mass is 9.94. The van der Waals surface area contributed by atoms with Crippen LogP contribution in [0.3, 0.4) is 0 Å². The number of hydrogen-bond donors (Lipinski definition) is 0. The quantitative estimate of drug-likeness (QED) is 0.556. The van der Waals surface area contributed by atoms with Crippen LogP contribution in [0, 0.1) is 16.0 Å². The van der Waals surface area contributed by atoms with Crippen LogP contribution in [-0.2, 0) is 26.3 Å². The first-order chi connectivity index (χ1) is 12.6. The fraction of sp³-hybridized carbons (Fsp3) is 0.750. The minimum atomic E-state index is -2.56. The molecule has 0 unspecified atom stereocenters. The highest BCUT2D eigenvalue weighted by molar-refractivity contribution is 7.93. The van der Waals surface area contributed by atoms with E-state index in [-0.39, 0.29) is 17.5 Å². The van der Waals surface area contributed by atoms with E-state index in [4.69, 9.17) is 4.74 Å². The molecule has 27 heavy (non-hydrogen) atoms. The zero-order valence-electron chi connectivity index (χ0n) is 15.8. The van der Waals surface area contributed by atoms with Crippen LogP contribution < -0.4 is 4.90 Å². The van der Waals surface area contributed by atoms with Crippen molar-refractivity contribution >= 4 is 27.1 Å². The molecule has 1 aromatic rings. The average Bonchev–Trinajstić information content (AvgIpc) is 3.00. The maximum atomic E-state index is 12.9. The largest absolute Gasteiger partial charge is 0.371 e. The number of hydrogen-bond acceptors (Lipinski definition) is 7. The van der Waals surface area contributed by atoms with Gasteiger partial charge in [0, 0.05) is 37.6 Å². The average molecular weight is 399 g/mol. The summed E-state index contributed by atoms with van der Waals surface area (Å²) in [7, 11) is -0.885. The molecule has 2 aliphatic rings. The van der Waals surface area contributed by atoms with Gasteiger partial charge in [-0.15, -0.1) is 0 Å². The topological polar surface area (TPSA) is 120 Å². The Bertz CT molecular complexity index is 857. The highest BCUT2D eigenvalue weighted by Gasteiger charge is 2.43. The van der Waals surface area contributed by atoms with Gasteiger partial charge in [0.1, 0.15) is 6.20 Å². The van der Waals surface area contributed by atoms with Crippen molar-refractivity contribution in [2.45, 2.75) is 32.3 Å². The smallest absolute Gasteiger partial charge is 0.331 e. The molecule has 11 heteroatoms. The second-order valence-corrected chi connectivity index (χ2v) is 10.00. The third kappa shape index (κ3) is 3.98. The molecule has 3 heterocycles. The molecule has 150 valence electrons. The summed E-state index contributed by atoms with van der Waals surface area (Å²) in [6, 6.07) is 0. The van der Waals surface area contributed by atoms with Gasteiger partial charge in [-0.1, -0.05) is 13.8 Å². The van der Waals surface area contributed by atoms with Gasteiger partial charge >= 0.3 is 5.69 Å². The minimum absolute atomic E-state index is 0.0355. The lowest BCUT2D eigenvalue weighted by Gasteiger charge is -2.45. The van der Waals surface area contributed by atoms with Crippen molar-refractivity contribution in [2.24, 2.45) is 17.3 Å². The van der Waals surface area contributed by atoms with Crippen molar-refractivity contribution in [1.82, 2.24) is 9.78 Å². The first kappa shape index (κ1) is 19.7. The normalized spacial score (nSPS) is 28.5. The van der Waals surface area contributed by atoms with Crippen molar-refractivity contribution in [3.63, 3.8) is 0 Å². The van der Waals surface area contributed by atoms with Gasteiger partial charge in [-0.05, 0) is 12.8 Å².